The number of nitrogens with one attached hydrogen (secondary N) is 2. The van der Waals surface area contributed by atoms with Gasteiger partial charge >= 0.3 is 0 Å². The summed E-state index contributed by atoms with van der Waals surface area (Å²) in [6.07, 6.45) is 2.50. The molecule has 0 bridgehead atoms. The lowest BCUT2D eigenvalue weighted by atomic mass is 10.2. The van der Waals surface area contributed by atoms with E-state index in [0.717, 1.165) is 29.6 Å². The Kier molecular flexibility index (Phi) is 5.39. The largest absolute Gasteiger partial charge is 0.491 e. The quantitative estimate of drug-likeness (QED) is 0.781. The topological polar surface area (TPSA) is 72.5 Å². The molecule has 1 amide bonds. The zero-order valence-corrected chi connectivity index (χ0v) is 13.0. The van der Waals surface area contributed by atoms with Gasteiger partial charge in [0.05, 0.1) is 19.8 Å². The van der Waals surface area contributed by atoms with E-state index < -0.39 is 0 Å². The summed E-state index contributed by atoms with van der Waals surface area (Å²) in [4.78, 5) is 16.3. The van der Waals surface area contributed by atoms with Crippen molar-refractivity contribution in [3.05, 3.63) is 36.5 Å². The summed E-state index contributed by atoms with van der Waals surface area (Å²) in [5.74, 6) is 0.758. The minimum atomic E-state index is -0.244. The first-order valence-electron chi connectivity index (χ1n) is 7.90. The Labute approximate surface area is 135 Å². The van der Waals surface area contributed by atoms with Crippen LogP contribution in [0, 0.1) is 0 Å². The SMILES string of the molecule is O=C(NCCCOc1cccc2cccnc12)C1COCCN1. The number of nitrogens with zero attached hydrogens (tertiary/aromatic N) is 1. The van der Waals surface area contributed by atoms with Crippen molar-refractivity contribution in [3.8, 4) is 5.75 Å². The number of pyridine rings is 1. The fraction of sp³-hybridized carbons (Fsp3) is 0.412. The molecule has 0 radical (unpaired) electrons. The molecule has 2 heterocycles. The lowest BCUT2D eigenvalue weighted by molar-refractivity contribution is -0.125. The van der Waals surface area contributed by atoms with Gasteiger partial charge < -0.3 is 20.1 Å². The summed E-state index contributed by atoms with van der Waals surface area (Å²) in [7, 11) is 0. The number of para-hydroxylation sites is 1. The summed E-state index contributed by atoms with van der Waals surface area (Å²) >= 11 is 0. The van der Waals surface area contributed by atoms with E-state index in [1.807, 2.05) is 30.3 Å². The van der Waals surface area contributed by atoms with E-state index in [1.54, 1.807) is 6.20 Å². The van der Waals surface area contributed by atoms with Gasteiger partial charge in [0, 0.05) is 24.7 Å². The fourth-order valence-electron chi connectivity index (χ4n) is 2.52. The monoisotopic (exact) mass is 315 g/mol. The molecule has 1 unspecified atom stereocenters. The van der Waals surface area contributed by atoms with Crippen LogP contribution < -0.4 is 15.4 Å². The molecular formula is C17H21N3O3. The molecule has 1 fully saturated rings. The Hall–Kier alpha value is -2.18. The molecule has 1 aromatic heterocycles. The number of amides is 1. The molecule has 1 atom stereocenters. The van der Waals surface area contributed by atoms with Crippen molar-refractivity contribution in [1.82, 2.24) is 15.6 Å². The maximum absolute atomic E-state index is 11.9. The van der Waals surface area contributed by atoms with Gasteiger partial charge in [-0.15, -0.1) is 0 Å². The van der Waals surface area contributed by atoms with Crippen LogP contribution in [0.5, 0.6) is 5.75 Å². The van der Waals surface area contributed by atoms with Crippen molar-refractivity contribution < 1.29 is 14.3 Å². The molecule has 0 aliphatic carbocycles. The molecule has 2 aromatic rings. The maximum Gasteiger partial charge on any atom is 0.239 e. The molecule has 2 N–H and O–H groups in total. The lowest BCUT2D eigenvalue weighted by Crippen LogP contribution is -2.51. The first kappa shape index (κ1) is 15.7. The molecule has 6 nitrogen and oxygen atoms in total. The van der Waals surface area contributed by atoms with Crippen molar-refractivity contribution in [1.29, 1.82) is 0 Å². The standard InChI is InChI=1S/C17H21N3O3/c21-17(14-12-22-11-9-18-14)20-8-3-10-23-15-6-1-4-13-5-2-7-19-16(13)15/h1-2,4-7,14,18H,3,8-12H2,(H,20,21). The molecule has 3 rings (SSSR count). The second-order valence-corrected chi connectivity index (χ2v) is 5.41. The van der Waals surface area contributed by atoms with Crippen molar-refractivity contribution in [2.75, 3.05) is 32.9 Å². The van der Waals surface area contributed by atoms with Crippen LogP contribution in [0.2, 0.25) is 0 Å². The minimum absolute atomic E-state index is 0.0171. The lowest BCUT2D eigenvalue weighted by Gasteiger charge is -2.22. The highest BCUT2D eigenvalue weighted by atomic mass is 16.5. The van der Waals surface area contributed by atoms with Gasteiger partial charge in [0.15, 0.2) is 0 Å². The average Bonchev–Trinajstić information content (AvgIpc) is 2.62. The Morgan fingerprint density at radius 2 is 2.30 bits per heavy atom. The Balaban J connectivity index is 1.42. The van der Waals surface area contributed by atoms with E-state index in [1.165, 1.54) is 0 Å². The second-order valence-electron chi connectivity index (χ2n) is 5.41. The second kappa shape index (κ2) is 7.89. The van der Waals surface area contributed by atoms with Gasteiger partial charge in [0.2, 0.25) is 5.91 Å². The number of ether oxygens (including phenoxy) is 2. The normalized spacial score (nSPS) is 17.8. The molecule has 1 aliphatic rings. The first-order valence-corrected chi connectivity index (χ1v) is 7.90. The van der Waals surface area contributed by atoms with E-state index in [9.17, 15) is 4.79 Å². The summed E-state index contributed by atoms with van der Waals surface area (Å²) in [6, 6.07) is 9.55. The molecule has 0 saturated carbocycles. The van der Waals surface area contributed by atoms with E-state index in [4.69, 9.17) is 9.47 Å². The van der Waals surface area contributed by atoms with Gasteiger partial charge in [-0.3, -0.25) is 9.78 Å². The molecule has 23 heavy (non-hydrogen) atoms. The highest BCUT2D eigenvalue weighted by Crippen LogP contribution is 2.22. The van der Waals surface area contributed by atoms with Crippen molar-refractivity contribution >= 4 is 16.8 Å². The Bertz CT molecular complexity index is 651. The predicted octanol–water partition coefficient (Wildman–Crippen LogP) is 1.11. The molecule has 1 saturated heterocycles. The van der Waals surface area contributed by atoms with Crippen LogP contribution in [0.4, 0.5) is 0 Å². The molecular weight excluding hydrogens is 294 g/mol. The Morgan fingerprint density at radius 3 is 3.17 bits per heavy atom. The number of carbonyl (C=O) groups excluding carboxylic acids is 1. The van der Waals surface area contributed by atoms with Gasteiger partial charge in [-0.25, -0.2) is 0 Å². The van der Waals surface area contributed by atoms with Crippen LogP contribution in [-0.4, -0.2) is 49.8 Å². The van der Waals surface area contributed by atoms with Crippen molar-refractivity contribution in [3.63, 3.8) is 0 Å². The minimum Gasteiger partial charge on any atom is -0.491 e. The van der Waals surface area contributed by atoms with E-state index >= 15 is 0 Å². The third-order valence-corrected chi connectivity index (χ3v) is 3.71. The molecule has 1 aromatic carbocycles. The number of morpholine rings is 1. The van der Waals surface area contributed by atoms with Crippen LogP contribution in [0.1, 0.15) is 6.42 Å². The maximum atomic E-state index is 11.9. The first-order chi connectivity index (χ1) is 11.3. The fourth-order valence-corrected chi connectivity index (χ4v) is 2.52. The summed E-state index contributed by atoms with van der Waals surface area (Å²) in [5.41, 5.74) is 0.864. The van der Waals surface area contributed by atoms with Crippen LogP contribution in [0.25, 0.3) is 10.9 Å². The van der Waals surface area contributed by atoms with Crippen molar-refractivity contribution in [2.24, 2.45) is 0 Å². The number of hydrogen-bond donors (Lipinski definition) is 2. The van der Waals surface area contributed by atoms with Crippen molar-refractivity contribution in [2.45, 2.75) is 12.5 Å². The summed E-state index contributed by atoms with van der Waals surface area (Å²) < 4.78 is 11.1. The number of benzene rings is 1. The summed E-state index contributed by atoms with van der Waals surface area (Å²) in [5, 5.41) is 7.09. The van der Waals surface area contributed by atoms with Crippen LogP contribution in [0.15, 0.2) is 36.5 Å². The molecule has 122 valence electrons. The Morgan fingerprint density at radius 1 is 1.39 bits per heavy atom. The van der Waals surface area contributed by atoms with Crippen LogP contribution in [-0.2, 0) is 9.53 Å². The number of fused-ring (bicyclic) bond motifs is 1. The van der Waals surface area contributed by atoms with Crippen LogP contribution >= 0.6 is 0 Å². The van der Waals surface area contributed by atoms with Gasteiger partial charge in [-0.2, -0.15) is 0 Å². The van der Waals surface area contributed by atoms with E-state index in [2.05, 4.69) is 15.6 Å². The van der Waals surface area contributed by atoms with Crippen LogP contribution in [0.3, 0.4) is 0 Å². The highest BCUT2D eigenvalue weighted by molar-refractivity contribution is 5.84. The average molecular weight is 315 g/mol. The highest BCUT2D eigenvalue weighted by Gasteiger charge is 2.20. The summed E-state index contributed by atoms with van der Waals surface area (Å²) in [6.45, 7) is 2.93. The zero-order valence-electron chi connectivity index (χ0n) is 13.0. The van der Waals surface area contributed by atoms with E-state index in [-0.39, 0.29) is 11.9 Å². The number of rotatable bonds is 6. The van der Waals surface area contributed by atoms with Gasteiger partial charge in [-0.1, -0.05) is 18.2 Å². The molecule has 1 aliphatic heterocycles. The number of hydrogen-bond acceptors (Lipinski definition) is 5. The third kappa shape index (κ3) is 4.18. The molecule has 0 spiro atoms. The zero-order chi connectivity index (χ0) is 15.9. The molecule has 6 heteroatoms. The number of aromatic nitrogens is 1. The third-order valence-electron chi connectivity index (χ3n) is 3.71. The van der Waals surface area contributed by atoms with Gasteiger partial charge in [0.25, 0.3) is 0 Å². The smallest absolute Gasteiger partial charge is 0.239 e. The predicted molar refractivity (Wildman–Crippen MR) is 87.5 cm³/mol. The van der Waals surface area contributed by atoms with Gasteiger partial charge in [-0.05, 0) is 18.6 Å². The van der Waals surface area contributed by atoms with Gasteiger partial charge in [0.1, 0.15) is 17.3 Å². The van der Waals surface area contributed by atoms with E-state index in [0.29, 0.717) is 26.4 Å². The number of carbonyl (C=O) groups is 1.